The number of carbonyl (C=O) groups excluding carboxylic acids is 1. The Balaban J connectivity index is 1.58. The Morgan fingerprint density at radius 3 is 2.95 bits per heavy atom. The number of carbonyl (C=O) groups is 1. The Labute approximate surface area is 117 Å². The molecule has 0 unspecified atom stereocenters. The standard InChI is InChI=1S/C16H16O2S/c17-16(11-19-10-15-5-2-8-18-15)14-7-6-12-3-1-4-13(12)9-14/h2,5-9H,1,3-4,10-11H2. The lowest BCUT2D eigenvalue weighted by Crippen LogP contribution is -2.03. The quantitative estimate of drug-likeness (QED) is 0.774. The van der Waals surface area contributed by atoms with Gasteiger partial charge in [0.1, 0.15) is 5.76 Å². The SMILES string of the molecule is O=C(CSCc1ccco1)c1ccc2c(c1)CCC2. The third kappa shape index (κ3) is 2.92. The van der Waals surface area contributed by atoms with Crippen LogP contribution in [0.4, 0.5) is 0 Å². The van der Waals surface area contributed by atoms with E-state index in [4.69, 9.17) is 4.42 Å². The monoisotopic (exact) mass is 272 g/mol. The van der Waals surface area contributed by atoms with E-state index in [9.17, 15) is 4.79 Å². The van der Waals surface area contributed by atoms with Gasteiger partial charge in [0.15, 0.2) is 5.78 Å². The summed E-state index contributed by atoms with van der Waals surface area (Å²) in [6.45, 7) is 0. The first-order valence-electron chi connectivity index (χ1n) is 6.58. The topological polar surface area (TPSA) is 30.2 Å². The fourth-order valence-corrected chi connectivity index (χ4v) is 3.29. The lowest BCUT2D eigenvalue weighted by Gasteiger charge is -2.04. The van der Waals surface area contributed by atoms with Crippen LogP contribution in [0.15, 0.2) is 41.0 Å². The lowest BCUT2D eigenvalue weighted by atomic mass is 10.0. The number of hydrogen-bond donors (Lipinski definition) is 0. The van der Waals surface area contributed by atoms with Crippen LogP contribution in [0.25, 0.3) is 0 Å². The van der Waals surface area contributed by atoms with Gasteiger partial charge < -0.3 is 4.42 Å². The van der Waals surface area contributed by atoms with Crippen LogP contribution in [-0.4, -0.2) is 11.5 Å². The minimum Gasteiger partial charge on any atom is -0.468 e. The van der Waals surface area contributed by atoms with Gasteiger partial charge in [-0.15, -0.1) is 11.8 Å². The largest absolute Gasteiger partial charge is 0.468 e. The van der Waals surface area contributed by atoms with Crippen LogP contribution in [0.5, 0.6) is 0 Å². The predicted octanol–water partition coefficient (Wildman–Crippen LogP) is 3.88. The molecule has 2 nitrogen and oxygen atoms in total. The molecule has 1 aromatic heterocycles. The Morgan fingerprint density at radius 1 is 1.21 bits per heavy atom. The minimum atomic E-state index is 0.214. The zero-order chi connectivity index (χ0) is 13.1. The summed E-state index contributed by atoms with van der Waals surface area (Å²) in [5.74, 6) is 2.40. The summed E-state index contributed by atoms with van der Waals surface area (Å²) >= 11 is 1.60. The molecule has 3 rings (SSSR count). The van der Waals surface area contributed by atoms with Crippen LogP contribution >= 0.6 is 11.8 Å². The second kappa shape index (κ2) is 5.66. The van der Waals surface area contributed by atoms with E-state index >= 15 is 0 Å². The fraction of sp³-hybridized carbons (Fsp3) is 0.312. The molecule has 0 N–H and O–H groups in total. The van der Waals surface area contributed by atoms with Gasteiger partial charge in [-0.2, -0.15) is 0 Å². The van der Waals surface area contributed by atoms with Crippen LogP contribution in [0, 0.1) is 0 Å². The number of thioether (sulfide) groups is 1. The second-order valence-electron chi connectivity index (χ2n) is 4.83. The molecule has 0 amide bonds. The number of rotatable bonds is 5. The van der Waals surface area contributed by atoms with E-state index < -0.39 is 0 Å². The zero-order valence-electron chi connectivity index (χ0n) is 10.7. The normalized spacial score (nSPS) is 13.5. The molecule has 0 bridgehead atoms. The highest BCUT2D eigenvalue weighted by Crippen LogP contribution is 2.23. The molecular formula is C16H16O2S. The first-order chi connectivity index (χ1) is 9.33. The number of hydrogen-bond acceptors (Lipinski definition) is 3. The van der Waals surface area contributed by atoms with Crippen LogP contribution in [0.3, 0.4) is 0 Å². The maximum absolute atomic E-state index is 12.1. The number of fused-ring (bicyclic) bond motifs is 1. The molecule has 1 heterocycles. The van der Waals surface area contributed by atoms with Crippen molar-refractivity contribution in [3.05, 3.63) is 59.0 Å². The molecule has 98 valence electrons. The molecule has 1 aliphatic carbocycles. The summed E-state index contributed by atoms with van der Waals surface area (Å²) in [6.07, 6.45) is 5.17. The van der Waals surface area contributed by atoms with E-state index in [1.807, 2.05) is 18.2 Å². The van der Waals surface area contributed by atoms with Gasteiger partial charge in [-0.1, -0.05) is 12.1 Å². The zero-order valence-corrected chi connectivity index (χ0v) is 11.5. The van der Waals surface area contributed by atoms with Crippen LogP contribution < -0.4 is 0 Å². The number of aryl methyl sites for hydroxylation is 2. The summed E-state index contributed by atoms with van der Waals surface area (Å²) in [5.41, 5.74) is 3.63. The summed E-state index contributed by atoms with van der Waals surface area (Å²) < 4.78 is 5.25. The fourth-order valence-electron chi connectivity index (χ4n) is 2.47. The van der Waals surface area contributed by atoms with Crippen molar-refractivity contribution >= 4 is 17.5 Å². The lowest BCUT2D eigenvalue weighted by molar-refractivity contribution is 0.102. The Kier molecular flexibility index (Phi) is 3.74. The molecule has 1 aromatic carbocycles. The highest BCUT2D eigenvalue weighted by atomic mass is 32.2. The van der Waals surface area contributed by atoms with Crippen molar-refractivity contribution in [3.63, 3.8) is 0 Å². The summed E-state index contributed by atoms with van der Waals surface area (Å²) in [4.78, 5) is 12.1. The second-order valence-corrected chi connectivity index (χ2v) is 5.82. The number of Topliss-reactive ketones (excluding diaryl/α,β-unsaturated/α-hetero) is 1. The van der Waals surface area contributed by atoms with Gasteiger partial charge >= 0.3 is 0 Å². The summed E-state index contributed by atoms with van der Waals surface area (Å²) in [6, 6.07) is 9.98. The van der Waals surface area contributed by atoms with Gasteiger partial charge in [-0.25, -0.2) is 0 Å². The van der Waals surface area contributed by atoms with Gasteiger partial charge in [0.2, 0.25) is 0 Å². The van der Waals surface area contributed by atoms with E-state index in [1.165, 1.54) is 17.5 Å². The van der Waals surface area contributed by atoms with Gasteiger partial charge in [0, 0.05) is 5.56 Å². The molecule has 0 fully saturated rings. The average molecular weight is 272 g/mol. The Bertz CT molecular complexity index is 572. The molecular weight excluding hydrogens is 256 g/mol. The van der Waals surface area contributed by atoms with Crippen molar-refractivity contribution in [2.45, 2.75) is 25.0 Å². The maximum atomic E-state index is 12.1. The smallest absolute Gasteiger partial charge is 0.172 e. The first kappa shape index (κ1) is 12.5. The molecule has 0 saturated heterocycles. The van der Waals surface area contributed by atoms with Crippen molar-refractivity contribution in [1.29, 1.82) is 0 Å². The van der Waals surface area contributed by atoms with Gasteiger partial charge in [0.05, 0.1) is 17.8 Å². The van der Waals surface area contributed by atoms with Crippen molar-refractivity contribution < 1.29 is 9.21 Å². The van der Waals surface area contributed by atoms with Gasteiger partial charge in [-0.3, -0.25) is 4.79 Å². The van der Waals surface area contributed by atoms with Crippen molar-refractivity contribution in [3.8, 4) is 0 Å². The molecule has 0 spiro atoms. The number of benzene rings is 1. The van der Waals surface area contributed by atoms with Crippen LogP contribution in [-0.2, 0) is 18.6 Å². The molecule has 0 radical (unpaired) electrons. The summed E-state index contributed by atoms with van der Waals surface area (Å²) in [5, 5.41) is 0. The van der Waals surface area contributed by atoms with Gasteiger partial charge in [-0.05, 0) is 48.6 Å². The molecule has 3 heteroatoms. The van der Waals surface area contributed by atoms with E-state index in [0.29, 0.717) is 5.75 Å². The Morgan fingerprint density at radius 2 is 2.11 bits per heavy atom. The van der Waals surface area contributed by atoms with Crippen molar-refractivity contribution in [2.24, 2.45) is 0 Å². The Hall–Kier alpha value is -1.48. The van der Waals surface area contributed by atoms with Crippen molar-refractivity contribution in [2.75, 3.05) is 5.75 Å². The van der Waals surface area contributed by atoms with E-state index in [1.54, 1.807) is 18.0 Å². The first-order valence-corrected chi connectivity index (χ1v) is 7.73. The predicted molar refractivity (Wildman–Crippen MR) is 77.7 cm³/mol. The van der Waals surface area contributed by atoms with E-state index in [2.05, 4.69) is 12.1 Å². The molecule has 0 atom stereocenters. The van der Waals surface area contributed by atoms with Crippen LogP contribution in [0.1, 0.15) is 33.7 Å². The molecule has 2 aromatic rings. The third-order valence-corrected chi connectivity index (χ3v) is 4.43. The van der Waals surface area contributed by atoms with Crippen molar-refractivity contribution in [1.82, 2.24) is 0 Å². The van der Waals surface area contributed by atoms with Crippen LogP contribution in [0.2, 0.25) is 0 Å². The van der Waals surface area contributed by atoms with E-state index in [0.717, 1.165) is 29.9 Å². The number of ketones is 1. The summed E-state index contributed by atoms with van der Waals surface area (Å²) in [7, 11) is 0. The number of furan rings is 1. The maximum Gasteiger partial charge on any atom is 0.172 e. The third-order valence-electron chi connectivity index (χ3n) is 3.48. The molecule has 19 heavy (non-hydrogen) atoms. The minimum absolute atomic E-state index is 0.214. The molecule has 0 saturated carbocycles. The van der Waals surface area contributed by atoms with E-state index in [-0.39, 0.29) is 5.78 Å². The highest BCUT2D eigenvalue weighted by molar-refractivity contribution is 7.99. The molecule has 1 aliphatic rings. The molecule has 0 aliphatic heterocycles. The van der Waals surface area contributed by atoms with Gasteiger partial charge in [0.25, 0.3) is 0 Å². The average Bonchev–Trinajstić information content (AvgIpc) is 3.08. The highest BCUT2D eigenvalue weighted by Gasteiger charge is 2.14.